The summed E-state index contributed by atoms with van der Waals surface area (Å²) in [5.74, 6) is -0.427. The van der Waals surface area contributed by atoms with Gasteiger partial charge in [0.05, 0.1) is 18.4 Å². The van der Waals surface area contributed by atoms with Gasteiger partial charge >= 0.3 is 5.97 Å². The van der Waals surface area contributed by atoms with E-state index in [4.69, 9.17) is 9.15 Å². The minimum absolute atomic E-state index is 0.0591. The van der Waals surface area contributed by atoms with Crippen molar-refractivity contribution >= 4 is 29.0 Å². The number of hydrogen-bond donors (Lipinski definition) is 2. The molecule has 1 amide bonds. The summed E-state index contributed by atoms with van der Waals surface area (Å²) in [4.78, 5) is 35.7. The maximum absolute atomic E-state index is 12.4. The Kier molecular flexibility index (Phi) is 6.42. The molecule has 148 valence electrons. The molecule has 0 radical (unpaired) electrons. The highest BCUT2D eigenvalue weighted by atomic mass is 16.5. The number of esters is 1. The van der Waals surface area contributed by atoms with E-state index in [1.54, 1.807) is 60.9 Å². The highest BCUT2D eigenvalue weighted by Gasteiger charge is 2.14. The summed E-state index contributed by atoms with van der Waals surface area (Å²) in [5, 5.41) is 5.73. The number of nitrogens with one attached hydrogen (secondary N) is 2. The van der Waals surface area contributed by atoms with E-state index in [1.165, 1.54) is 6.92 Å². The van der Waals surface area contributed by atoms with Gasteiger partial charge < -0.3 is 19.8 Å². The molecule has 0 aliphatic heterocycles. The van der Waals surface area contributed by atoms with Gasteiger partial charge in [0, 0.05) is 16.9 Å². The molecular weight excluding hydrogens is 372 g/mol. The molecule has 1 heterocycles. The fourth-order valence-electron chi connectivity index (χ4n) is 2.60. The van der Waals surface area contributed by atoms with Crippen LogP contribution < -0.4 is 10.6 Å². The Morgan fingerprint density at radius 1 is 0.966 bits per heavy atom. The van der Waals surface area contributed by atoms with Crippen molar-refractivity contribution in [3.63, 3.8) is 0 Å². The Bertz CT molecular complexity index is 994. The molecule has 3 rings (SSSR count). The second-order valence-corrected chi connectivity index (χ2v) is 6.24. The number of carbonyl (C=O) groups excluding carboxylic acids is 3. The van der Waals surface area contributed by atoms with E-state index >= 15 is 0 Å². The predicted octanol–water partition coefficient (Wildman–Crippen LogP) is 3.89. The normalized spacial score (nSPS) is 10.2. The fraction of sp³-hybridized carbons (Fsp3) is 0.136. The van der Waals surface area contributed by atoms with Crippen molar-refractivity contribution in [2.24, 2.45) is 0 Å². The molecule has 0 spiro atoms. The molecule has 29 heavy (non-hydrogen) atoms. The lowest BCUT2D eigenvalue weighted by Gasteiger charge is -2.11. The van der Waals surface area contributed by atoms with Crippen LogP contribution in [0.25, 0.3) is 0 Å². The largest absolute Gasteiger partial charge is 0.467 e. The van der Waals surface area contributed by atoms with Gasteiger partial charge in [-0.2, -0.15) is 0 Å². The Morgan fingerprint density at radius 2 is 1.72 bits per heavy atom. The van der Waals surface area contributed by atoms with Crippen molar-refractivity contribution in [1.29, 1.82) is 0 Å². The van der Waals surface area contributed by atoms with Crippen molar-refractivity contribution in [2.45, 2.75) is 13.5 Å². The Hall–Kier alpha value is -3.87. The third kappa shape index (κ3) is 5.55. The number of ketones is 1. The van der Waals surface area contributed by atoms with E-state index in [0.29, 0.717) is 29.0 Å². The summed E-state index contributed by atoms with van der Waals surface area (Å²) in [6, 6.07) is 16.9. The third-order valence-corrected chi connectivity index (χ3v) is 4.09. The Balaban J connectivity index is 1.54. The van der Waals surface area contributed by atoms with E-state index in [2.05, 4.69) is 10.6 Å². The fourth-order valence-corrected chi connectivity index (χ4v) is 2.60. The molecule has 0 fully saturated rings. The average molecular weight is 392 g/mol. The van der Waals surface area contributed by atoms with Crippen LogP contribution in [0.4, 0.5) is 11.4 Å². The molecule has 0 unspecified atom stereocenters. The van der Waals surface area contributed by atoms with Crippen LogP contribution in [-0.4, -0.2) is 24.3 Å². The van der Waals surface area contributed by atoms with Gasteiger partial charge in [-0.3, -0.25) is 9.59 Å². The minimum atomic E-state index is -0.616. The summed E-state index contributed by atoms with van der Waals surface area (Å²) in [6.45, 7) is 1.45. The van der Waals surface area contributed by atoms with E-state index in [1.807, 2.05) is 6.07 Å². The first-order valence-corrected chi connectivity index (χ1v) is 8.96. The lowest BCUT2D eigenvalue weighted by atomic mass is 10.1. The molecule has 3 aromatic rings. The van der Waals surface area contributed by atoms with Crippen LogP contribution in [-0.2, 0) is 16.1 Å². The van der Waals surface area contributed by atoms with E-state index < -0.39 is 18.5 Å². The summed E-state index contributed by atoms with van der Waals surface area (Å²) in [5.41, 5.74) is 1.96. The van der Waals surface area contributed by atoms with Gasteiger partial charge in [-0.05, 0) is 55.5 Å². The maximum atomic E-state index is 12.4. The molecule has 0 saturated heterocycles. The van der Waals surface area contributed by atoms with Gasteiger partial charge in [0.15, 0.2) is 12.4 Å². The lowest BCUT2D eigenvalue weighted by molar-refractivity contribution is -0.119. The van der Waals surface area contributed by atoms with Crippen LogP contribution in [0.5, 0.6) is 0 Å². The molecule has 0 aliphatic rings. The molecule has 0 aliphatic carbocycles. The van der Waals surface area contributed by atoms with E-state index in [9.17, 15) is 14.4 Å². The lowest BCUT2D eigenvalue weighted by Crippen LogP contribution is -2.21. The Morgan fingerprint density at radius 3 is 2.41 bits per heavy atom. The summed E-state index contributed by atoms with van der Waals surface area (Å²) in [7, 11) is 0. The van der Waals surface area contributed by atoms with Crippen LogP contribution in [0.15, 0.2) is 71.3 Å². The highest BCUT2D eigenvalue weighted by molar-refractivity contribution is 5.99. The predicted molar refractivity (Wildman–Crippen MR) is 108 cm³/mol. The van der Waals surface area contributed by atoms with Gasteiger partial charge in [0.2, 0.25) is 0 Å². The van der Waals surface area contributed by atoms with Gasteiger partial charge in [0.1, 0.15) is 5.76 Å². The number of carbonyl (C=O) groups is 3. The molecule has 2 aromatic carbocycles. The number of Topliss-reactive ketones (excluding diaryl/α,β-unsaturated/α-hetero) is 1. The topological polar surface area (TPSA) is 97.6 Å². The molecule has 1 aromatic heterocycles. The third-order valence-electron chi connectivity index (χ3n) is 4.09. The average Bonchev–Trinajstić information content (AvgIpc) is 3.25. The second kappa shape index (κ2) is 9.36. The SMILES string of the molecule is CC(=O)c1ccc(NC(=O)COC(=O)c2ccccc2NCc2ccco2)cc1. The van der Waals surface area contributed by atoms with Crippen LogP contribution in [0.3, 0.4) is 0 Å². The van der Waals surface area contributed by atoms with Gasteiger partial charge in [0.25, 0.3) is 5.91 Å². The second-order valence-electron chi connectivity index (χ2n) is 6.24. The number of benzene rings is 2. The van der Waals surface area contributed by atoms with E-state index in [-0.39, 0.29) is 5.78 Å². The van der Waals surface area contributed by atoms with Gasteiger partial charge in [-0.1, -0.05) is 12.1 Å². The number of hydrogen-bond acceptors (Lipinski definition) is 6. The number of anilines is 2. The number of ether oxygens (including phenoxy) is 1. The van der Waals surface area contributed by atoms with Crippen molar-refractivity contribution in [3.05, 3.63) is 83.8 Å². The smallest absolute Gasteiger partial charge is 0.340 e. The summed E-state index contributed by atoms with van der Waals surface area (Å²) in [6.07, 6.45) is 1.57. The monoisotopic (exact) mass is 392 g/mol. The maximum Gasteiger partial charge on any atom is 0.340 e. The first-order valence-electron chi connectivity index (χ1n) is 8.96. The van der Waals surface area contributed by atoms with E-state index in [0.717, 1.165) is 5.76 Å². The molecule has 7 nitrogen and oxygen atoms in total. The standard InChI is InChI=1S/C22H20N2O5/c1-15(25)16-8-10-17(11-9-16)24-21(26)14-29-22(27)19-6-2-3-7-20(19)23-13-18-5-4-12-28-18/h2-12,23H,13-14H2,1H3,(H,24,26). The number of furan rings is 1. The van der Waals surface area contributed by atoms with Crippen LogP contribution in [0, 0.1) is 0 Å². The van der Waals surface area contributed by atoms with Crippen molar-refractivity contribution in [1.82, 2.24) is 0 Å². The first-order chi connectivity index (χ1) is 14.0. The highest BCUT2D eigenvalue weighted by Crippen LogP contribution is 2.18. The molecule has 2 N–H and O–H groups in total. The van der Waals surface area contributed by atoms with Crippen molar-refractivity contribution in [2.75, 3.05) is 17.2 Å². The van der Waals surface area contributed by atoms with Crippen LogP contribution in [0.1, 0.15) is 33.4 Å². The number of amides is 1. The zero-order valence-corrected chi connectivity index (χ0v) is 15.8. The molecule has 7 heteroatoms. The minimum Gasteiger partial charge on any atom is -0.467 e. The molecule has 0 bridgehead atoms. The zero-order chi connectivity index (χ0) is 20.6. The molecular formula is C22H20N2O5. The summed E-state index contributed by atoms with van der Waals surface area (Å²) < 4.78 is 10.4. The van der Waals surface area contributed by atoms with Crippen molar-refractivity contribution < 1.29 is 23.5 Å². The van der Waals surface area contributed by atoms with Crippen LogP contribution in [0.2, 0.25) is 0 Å². The molecule has 0 atom stereocenters. The van der Waals surface area contributed by atoms with Gasteiger partial charge in [-0.15, -0.1) is 0 Å². The number of rotatable bonds is 8. The first kappa shape index (κ1) is 19.9. The van der Waals surface area contributed by atoms with Crippen LogP contribution >= 0.6 is 0 Å². The quantitative estimate of drug-likeness (QED) is 0.446. The zero-order valence-electron chi connectivity index (χ0n) is 15.8. The number of para-hydroxylation sites is 1. The summed E-state index contributed by atoms with van der Waals surface area (Å²) >= 11 is 0. The Labute approximate surface area is 167 Å². The van der Waals surface area contributed by atoms with Gasteiger partial charge in [-0.25, -0.2) is 4.79 Å². The van der Waals surface area contributed by atoms with Crippen molar-refractivity contribution in [3.8, 4) is 0 Å². The molecule has 0 saturated carbocycles.